The predicted octanol–water partition coefficient (Wildman–Crippen LogP) is -6.49. The molecule has 0 radical (unpaired) electrons. The zero-order valence-corrected chi connectivity index (χ0v) is 86.7. The summed E-state index contributed by atoms with van der Waals surface area (Å²) in [4.78, 5) is 45.4. The first kappa shape index (κ1) is 121. The average molecular weight is 2160 g/mol. The van der Waals surface area contributed by atoms with Gasteiger partial charge in [0.15, 0.2) is 62.5 Å². The number of aliphatic hydroxyl groups excluding tert-OH is 25. The monoisotopic (exact) mass is 2160 g/mol. The van der Waals surface area contributed by atoms with Crippen LogP contribution in [-0.2, 0) is 109 Å². The number of rotatable bonds is 36. The van der Waals surface area contributed by atoms with Crippen molar-refractivity contribution >= 4 is 17.9 Å². The van der Waals surface area contributed by atoms with E-state index in [-0.39, 0.29) is 68.8 Å². The first-order chi connectivity index (χ1) is 70.3. The van der Waals surface area contributed by atoms with E-state index >= 15 is 9.59 Å². The van der Waals surface area contributed by atoms with E-state index < -0.39 is 402 Å². The Morgan fingerprint density at radius 1 is 0.467 bits per heavy atom. The number of carbonyl (C=O) groups excluding carboxylic acids is 3. The molecule has 4 saturated carbocycles. The molecule has 1 unspecified atom stereocenters. The smallest absolute Gasteiger partial charge is 0.333 e. The van der Waals surface area contributed by atoms with Crippen LogP contribution < -0.4 is 0 Å². The van der Waals surface area contributed by atoms with E-state index in [0.717, 1.165) is 5.57 Å². The van der Waals surface area contributed by atoms with Crippen molar-refractivity contribution in [2.24, 2.45) is 56.2 Å². The van der Waals surface area contributed by atoms with Gasteiger partial charge in [-0.2, -0.15) is 0 Å². The van der Waals surface area contributed by atoms with Gasteiger partial charge in [-0.15, -0.1) is 13.2 Å². The minimum atomic E-state index is -2.29. The molecule has 13 fully saturated rings. The minimum Gasteiger partial charge on any atom is -0.462 e. The van der Waals surface area contributed by atoms with Crippen LogP contribution in [-0.4, -0.2) is 484 Å². The van der Waals surface area contributed by atoms with Gasteiger partial charge in [0.2, 0.25) is 6.29 Å². The predicted molar refractivity (Wildman–Crippen MR) is 503 cm³/mol. The lowest BCUT2D eigenvalue weighted by Crippen LogP contribution is -2.70. The summed E-state index contributed by atoms with van der Waals surface area (Å²) in [5, 5.41) is 292. The summed E-state index contributed by atoms with van der Waals surface area (Å²) in [6, 6.07) is 0. The third kappa shape index (κ3) is 23.5. The van der Waals surface area contributed by atoms with Gasteiger partial charge in [0.05, 0.1) is 87.8 Å². The Morgan fingerprint density at radius 2 is 0.940 bits per heavy atom. The Bertz CT molecular complexity index is 4550. The van der Waals surface area contributed by atoms with Crippen molar-refractivity contribution in [2.45, 2.75) is 461 Å². The van der Waals surface area contributed by atoms with Crippen molar-refractivity contribution in [3.63, 3.8) is 0 Å². The topological polar surface area (TPSA) is 762 Å². The lowest BCUT2D eigenvalue weighted by atomic mass is 9.33. The van der Waals surface area contributed by atoms with Crippen molar-refractivity contribution in [3.8, 4) is 0 Å². The first-order valence-electron chi connectivity index (χ1n) is 52.1. The molecule has 0 amide bonds. The molecule has 49 nitrogen and oxygen atoms in total. The van der Waals surface area contributed by atoms with Crippen molar-refractivity contribution in [2.75, 3.05) is 46.2 Å². The summed E-state index contributed by atoms with van der Waals surface area (Å²) in [5.74, 6) is -5.29. The van der Waals surface area contributed by atoms with E-state index in [1.807, 2.05) is 34.6 Å². The Hall–Kier alpha value is -4.35. The van der Waals surface area contributed by atoms with Crippen LogP contribution in [0.4, 0.5) is 0 Å². The minimum absolute atomic E-state index is 0.0232. The summed E-state index contributed by atoms with van der Waals surface area (Å²) >= 11 is 0. The van der Waals surface area contributed by atoms with Gasteiger partial charge in [0.1, 0.15) is 189 Å². The van der Waals surface area contributed by atoms with Crippen LogP contribution in [0.15, 0.2) is 48.6 Å². The number of allylic oxidation sites excluding steroid dienone is 3. The maximum atomic E-state index is 16.9. The number of ether oxygens (including phenoxy) is 20. The second-order valence-electron chi connectivity index (χ2n) is 46.2. The average Bonchev–Trinajstić information content (AvgIpc) is 0.696. The van der Waals surface area contributed by atoms with E-state index in [4.69, 9.17) is 94.7 Å². The van der Waals surface area contributed by atoms with Crippen molar-refractivity contribution < 1.29 is 242 Å². The number of fused-ring (bicyclic) bond motifs is 7. The van der Waals surface area contributed by atoms with E-state index in [1.165, 1.54) is 32.9 Å². The molecule has 9 saturated heterocycles. The summed E-state index contributed by atoms with van der Waals surface area (Å²) in [6.45, 7) is 25.4. The van der Waals surface area contributed by atoms with Crippen LogP contribution in [0.5, 0.6) is 0 Å². The molecule has 0 spiro atoms. The molecule has 14 aliphatic rings. The van der Waals surface area contributed by atoms with Gasteiger partial charge in [0, 0.05) is 17.4 Å². The zero-order chi connectivity index (χ0) is 110. The molecule has 26 N–H and O–H groups in total. The normalized spacial score (nSPS) is 49.2. The highest BCUT2D eigenvalue weighted by atomic mass is 16.8. The summed E-state index contributed by atoms with van der Waals surface area (Å²) in [6.07, 6.45) is -71.5. The van der Waals surface area contributed by atoms with Gasteiger partial charge in [0.25, 0.3) is 0 Å². The molecule has 0 aromatic heterocycles. The summed E-state index contributed by atoms with van der Waals surface area (Å²) in [5.41, 5.74) is -8.34. The quantitative estimate of drug-likeness (QED) is 0.00912. The summed E-state index contributed by atoms with van der Waals surface area (Å²) < 4.78 is 123. The van der Waals surface area contributed by atoms with Gasteiger partial charge in [-0.05, 0) is 151 Å². The fourth-order valence-corrected chi connectivity index (χ4v) is 25.6. The molecule has 55 atom stereocenters. The Kier molecular flexibility index (Phi) is 38.7. The number of esters is 3. The Morgan fingerprint density at radius 3 is 1.52 bits per heavy atom. The number of aliphatic hydroxyl groups is 26. The molecule has 9 heterocycles. The molecule has 0 aromatic rings. The Labute approximate surface area is 868 Å². The number of hydrogen-bond acceptors (Lipinski definition) is 49. The SMILES string of the molecule is C=C[C@@](C)(O)CC/C=C(\C)C(=O)O[C@H]1[C@H](O)[C@@H](O)[C@H](O[C@](C)(C=C)CCCC(C)C(=O)O[C@H]2C[C@]3(C(=O)O[C@@H]4O[C@H](CO)[C@@H](O)[C@H](O)[C@H]4O[C@@H]4O[C@@H](C)[C@H](O[C@@H]5O[C@@H](CO)[C@H](O)[C@H]5O)[C@@H](O[C@@H]5O[C@H](CO)[C@@H](O)[C@H](O)[C@H]5O)[C@H]4O)[C@H](O)C[C@]4(C)C(=CC[C@@H]5[C@@]6(C)CC[C@H](O[C@@H]7O[C@H](CO[C@@H]8OC[C@H](O)[C@H](O)[C@H]8O[C@@H]8OC[C@@H](O)[C@H](O)[C@H]8O)[C@@H](O)[C@H](O)[C@H]7O[C@@H]7O[C@H](CO)[C@@H](O)[C@H](O)[C@H]7O)C(C)(C)[C@@H]6CC[C@]54C)[C@@H]3CC2(C)C)O[C@@H]1C. The number of carbonyl (C=O) groups is 3. The molecule has 9 aliphatic heterocycles. The van der Waals surface area contributed by atoms with E-state index in [1.54, 1.807) is 26.8 Å². The van der Waals surface area contributed by atoms with E-state index in [0.29, 0.717) is 25.7 Å². The lowest BCUT2D eigenvalue weighted by Gasteiger charge is -2.72. The maximum absolute atomic E-state index is 16.9. The zero-order valence-electron chi connectivity index (χ0n) is 86.7. The second-order valence-corrected chi connectivity index (χ2v) is 46.2. The third-order valence-corrected chi connectivity index (χ3v) is 35.5. The number of hydrogen-bond donors (Lipinski definition) is 26. The molecule has 0 bridgehead atoms. The maximum Gasteiger partial charge on any atom is 0.333 e. The molecule has 150 heavy (non-hydrogen) atoms. The van der Waals surface area contributed by atoms with Crippen LogP contribution in [0, 0.1) is 56.2 Å². The van der Waals surface area contributed by atoms with Crippen molar-refractivity contribution in [1.29, 1.82) is 0 Å². The van der Waals surface area contributed by atoms with Gasteiger partial charge < -0.3 is 228 Å². The molecule has 0 aromatic carbocycles. The highest BCUT2D eigenvalue weighted by Crippen LogP contribution is 2.77. The Balaban J connectivity index is 0.748. The van der Waals surface area contributed by atoms with Gasteiger partial charge in [-0.1, -0.05) is 85.3 Å². The summed E-state index contributed by atoms with van der Waals surface area (Å²) in [7, 11) is 0. The molecule has 14 rings (SSSR count). The first-order valence-corrected chi connectivity index (χ1v) is 52.1. The molecule has 860 valence electrons. The molecular formula is C101H162O49. The molecule has 5 aliphatic carbocycles. The second kappa shape index (κ2) is 47.9. The van der Waals surface area contributed by atoms with Crippen LogP contribution in [0.3, 0.4) is 0 Å². The van der Waals surface area contributed by atoms with Crippen LogP contribution in [0.2, 0.25) is 0 Å². The highest BCUT2D eigenvalue weighted by molar-refractivity contribution is 5.88. The fraction of sp³-hybridized carbons (Fsp3) is 0.891. The van der Waals surface area contributed by atoms with Crippen LogP contribution in [0.25, 0.3) is 0 Å². The standard InChI is InChI=1S/C101H162O49/c1-16-96(11,130)26-18-20-41(4)83(128)143-76-42(5)135-89(74(125)69(76)120)150-97(12,17-2)27-19-21-40(3)82(127)141-57-32-101(93(129)149-92-81(67(118)62(113)50(35-104)139-92)148-88-75(126)78(145-86-72(123)65(116)60(111)48(33-102)136-86)77(43(6)134-88)144-85-71(122)63(114)51(36-105)138-85)45(30-94(57,7)8)44-22-23-54-98(13)28-25-56(95(9,10)53(98)24-29-99(54,14)100(44,15)31-55(101)108)142-91-80(147-87-73(124)66(117)61(112)49(34-103)137-87)68(119)64(115)52(140-91)39-133-90-79(59(110)47(107)38-132-90)146-84-70(121)58(109)46(106)37-131-84/h16-17,20,22,40,42-43,45-81,84-92,102-126,130H,1-2,18-19,21,23-39H2,3-15H3/b41-20+/t40?,42-,43+,45+,46-,47+,48-,49-,50-,51+,52-,53+,54-,55-,56+,57+,58+,59+,60-,61-,62-,63+,64-,65+,66+,67+,68+,69-,70-,71-,72-,73-,74-,75-,76-,77+,78+,79-,80-,81-,84+,85+,86+,87+,88+,89+,90+,91+,92+,96-,97-,98+,99-,100-,101-/m1/s1. The van der Waals surface area contributed by atoms with Crippen molar-refractivity contribution in [1.82, 2.24) is 0 Å². The van der Waals surface area contributed by atoms with Gasteiger partial charge >= 0.3 is 17.9 Å². The van der Waals surface area contributed by atoms with Crippen molar-refractivity contribution in [3.05, 3.63) is 48.6 Å². The third-order valence-electron chi connectivity index (χ3n) is 35.5. The molecule has 49 heteroatoms. The van der Waals surface area contributed by atoms with E-state index in [9.17, 15) is 138 Å². The van der Waals surface area contributed by atoms with Gasteiger partial charge in [-0.25, -0.2) is 4.79 Å². The van der Waals surface area contributed by atoms with Crippen LogP contribution >= 0.6 is 0 Å². The van der Waals surface area contributed by atoms with Gasteiger partial charge in [-0.3, -0.25) is 9.59 Å². The van der Waals surface area contributed by atoms with E-state index in [2.05, 4.69) is 33.1 Å². The fourth-order valence-electron chi connectivity index (χ4n) is 25.6. The largest absolute Gasteiger partial charge is 0.462 e. The lowest BCUT2D eigenvalue weighted by molar-refractivity contribution is -0.390. The van der Waals surface area contributed by atoms with Crippen LogP contribution in [0.1, 0.15) is 173 Å². The highest BCUT2D eigenvalue weighted by Gasteiger charge is 2.75. The molecular weight excluding hydrogens is 2000 g/mol.